The van der Waals surface area contributed by atoms with Crippen LogP contribution in [-0.2, 0) is 9.47 Å². The number of aliphatic hydroxyl groups excluding tert-OH is 1. The number of carbonyl (C=O) groups excluding carboxylic acids is 2. The molecule has 21 heavy (non-hydrogen) atoms. The first-order chi connectivity index (χ1) is 9.78. The minimum atomic E-state index is -0.600. The molecule has 7 nitrogen and oxygen atoms in total. The highest BCUT2D eigenvalue weighted by molar-refractivity contribution is 5.71. The van der Waals surface area contributed by atoms with Crippen molar-refractivity contribution in [2.45, 2.75) is 32.4 Å². The fraction of sp³-hybridized carbons (Fsp3) is 0.714. The van der Waals surface area contributed by atoms with Gasteiger partial charge in [0.25, 0.3) is 0 Å². The maximum Gasteiger partial charge on any atom is 0.410 e. The molecule has 0 aliphatic carbocycles. The van der Waals surface area contributed by atoms with Crippen LogP contribution in [0.25, 0.3) is 0 Å². The number of nitrogens with zero attached hydrogens (tertiary/aromatic N) is 2. The molecular weight excluding hydrogens is 276 g/mol. The van der Waals surface area contributed by atoms with Gasteiger partial charge in [-0.1, -0.05) is 12.7 Å². The molecule has 0 bridgehead atoms. The van der Waals surface area contributed by atoms with E-state index in [1.807, 2.05) is 0 Å². The van der Waals surface area contributed by atoms with Crippen molar-refractivity contribution in [3.63, 3.8) is 0 Å². The van der Waals surface area contributed by atoms with Gasteiger partial charge in [0.1, 0.15) is 12.2 Å². The molecule has 0 aromatic heterocycles. The van der Waals surface area contributed by atoms with Crippen molar-refractivity contribution >= 4 is 12.2 Å². The molecule has 1 rings (SSSR count). The number of aliphatic hydroxyl groups is 1. The van der Waals surface area contributed by atoms with Gasteiger partial charge in [-0.25, -0.2) is 9.59 Å². The fourth-order valence-corrected chi connectivity index (χ4v) is 1.96. The average Bonchev–Trinajstić information content (AvgIpc) is 2.42. The number of hydrogen-bond donors (Lipinski definition) is 1. The third-order valence-electron chi connectivity index (χ3n) is 2.90. The number of piperazine rings is 1. The van der Waals surface area contributed by atoms with Crippen LogP contribution in [-0.4, -0.2) is 71.6 Å². The van der Waals surface area contributed by atoms with Crippen LogP contribution in [0.1, 0.15) is 20.8 Å². The minimum absolute atomic E-state index is 0.134. The van der Waals surface area contributed by atoms with E-state index >= 15 is 0 Å². The number of amides is 2. The molecule has 1 aliphatic heterocycles. The number of carbonyl (C=O) groups is 2. The minimum Gasteiger partial charge on any atom is -0.445 e. The van der Waals surface area contributed by atoms with Gasteiger partial charge in [0, 0.05) is 19.6 Å². The van der Waals surface area contributed by atoms with Gasteiger partial charge >= 0.3 is 12.2 Å². The Morgan fingerprint density at radius 2 is 2.00 bits per heavy atom. The molecule has 0 saturated carbocycles. The molecule has 1 N–H and O–H groups in total. The lowest BCUT2D eigenvalue weighted by Gasteiger charge is -2.40. The first-order valence-electron chi connectivity index (χ1n) is 6.91. The van der Waals surface area contributed by atoms with E-state index in [1.54, 1.807) is 20.8 Å². The Hall–Kier alpha value is -1.76. The molecule has 0 radical (unpaired) electrons. The summed E-state index contributed by atoms with van der Waals surface area (Å²) in [6.45, 7) is 9.55. The summed E-state index contributed by atoms with van der Waals surface area (Å²) in [6.07, 6.45) is 0.524. The van der Waals surface area contributed by atoms with Crippen LogP contribution >= 0.6 is 0 Å². The molecule has 1 atom stereocenters. The van der Waals surface area contributed by atoms with Gasteiger partial charge in [0.15, 0.2) is 0 Å². The summed E-state index contributed by atoms with van der Waals surface area (Å²) in [7, 11) is 0. The van der Waals surface area contributed by atoms with E-state index in [4.69, 9.17) is 9.47 Å². The van der Waals surface area contributed by atoms with E-state index in [1.165, 1.54) is 15.9 Å². The van der Waals surface area contributed by atoms with Gasteiger partial charge in [-0.2, -0.15) is 0 Å². The molecule has 120 valence electrons. The molecule has 0 aromatic rings. The highest BCUT2D eigenvalue weighted by Gasteiger charge is 2.34. The predicted octanol–water partition coefficient (Wildman–Crippen LogP) is 1.22. The highest BCUT2D eigenvalue weighted by atomic mass is 16.6. The van der Waals surface area contributed by atoms with Crippen molar-refractivity contribution in [2.24, 2.45) is 0 Å². The summed E-state index contributed by atoms with van der Waals surface area (Å²) in [5.41, 5.74) is -0.600. The van der Waals surface area contributed by atoms with Crippen molar-refractivity contribution in [3.8, 4) is 0 Å². The van der Waals surface area contributed by atoms with Crippen LogP contribution < -0.4 is 0 Å². The zero-order valence-electron chi connectivity index (χ0n) is 12.9. The maximum atomic E-state index is 12.1. The van der Waals surface area contributed by atoms with Gasteiger partial charge in [0.05, 0.1) is 12.6 Å². The monoisotopic (exact) mass is 300 g/mol. The number of hydrogen-bond acceptors (Lipinski definition) is 5. The molecule has 1 aliphatic rings. The lowest BCUT2D eigenvalue weighted by atomic mass is 10.2. The molecular formula is C14H24N2O5. The van der Waals surface area contributed by atoms with E-state index in [9.17, 15) is 14.7 Å². The van der Waals surface area contributed by atoms with Crippen LogP contribution in [0.5, 0.6) is 0 Å². The third kappa shape index (κ3) is 5.26. The van der Waals surface area contributed by atoms with Crippen molar-refractivity contribution in [2.75, 3.05) is 32.8 Å². The van der Waals surface area contributed by atoms with Crippen molar-refractivity contribution in [1.29, 1.82) is 0 Å². The molecule has 1 saturated heterocycles. The predicted molar refractivity (Wildman–Crippen MR) is 76.9 cm³/mol. The first kappa shape index (κ1) is 17.3. The van der Waals surface area contributed by atoms with E-state index in [2.05, 4.69) is 6.58 Å². The fourth-order valence-electron chi connectivity index (χ4n) is 1.96. The van der Waals surface area contributed by atoms with Crippen molar-refractivity contribution in [3.05, 3.63) is 12.7 Å². The quantitative estimate of drug-likeness (QED) is 0.793. The second-order valence-corrected chi connectivity index (χ2v) is 5.82. The van der Waals surface area contributed by atoms with E-state index in [0.29, 0.717) is 13.1 Å². The molecule has 0 aromatic carbocycles. The second-order valence-electron chi connectivity index (χ2n) is 5.82. The Kier molecular flexibility index (Phi) is 6.02. The second kappa shape index (κ2) is 7.31. The van der Waals surface area contributed by atoms with Crippen molar-refractivity contribution in [1.82, 2.24) is 9.80 Å². The molecule has 1 heterocycles. The van der Waals surface area contributed by atoms with Crippen LogP contribution in [0.3, 0.4) is 0 Å². The first-order valence-corrected chi connectivity index (χ1v) is 6.91. The normalized spacial score (nSPS) is 19.1. The standard InChI is InChI=1S/C14H24N2O5/c1-5-8-20-12(18)15-6-7-16(11(9-15)10-17)13(19)21-14(2,3)4/h5,11,17H,1,6-10H2,2-4H3/t11-/m1/s1. The van der Waals surface area contributed by atoms with Gasteiger partial charge in [-0.3, -0.25) is 4.90 Å². The lowest BCUT2D eigenvalue weighted by molar-refractivity contribution is -0.0115. The number of ether oxygens (including phenoxy) is 2. The van der Waals surface area contributed by atoms with E-state index < -0.39 is 23.8 Å². The Labute approximate surface area is 125 Å². The highest BCUT2D eigenvalue weighted by Crippen LogP contribution is 2.16. The summed E-state index contributed by atoms with van der Waals surface area (Å²) >= 11 is 0. The molecule has 7 heteroatoms. The number of rotatable bonds is 3. The average molecular weight is 300 g/mol. The lowest BCUT2D eigenvalue weighted by Crippen LogP contribution is -2.58. The molecule has 0 unspecified atom stereocenters. The Morgan fingerprint density at radius 3 is 2.52 bits per heavy atom. The smallest absolute Gasteiger partial charge is 0.410 e. The van der Waals surface area contributed by atoms with Crippen LogP contribution in [0.2, 0.25) is 0 Å². The van der Waals surface area contributed by atoms with Gasteiger partial charge < -0.3 is 19.5 Å². The van der Waals surface area contributed by atoms with Crippen LogP contribution in [0.15, 0.2) is 12.7 Å². The SMILES string of the molecule is C=CCOC(=O)N1CCN(C(=O)OC(C)(C)C)[C@@H](CO)C1. The van der Waals surface area contributed by atoms with Gasteiger partial charge in [-0.05, 0) is 20.8 Å². The maximum absolute atomic E-state index is 12.1. The Morgan fingerprint density at radius 1 is 1.33 bits per heavy atom. The molecule has 1 fully saturated rings. The summed E-state index contributed by atoms with van der Waals surface area (Å²) in [5.74, 6) is 0. The van der Waals surface area contributed by atoms with Crippen molar-refractivity contribution < 1.29 is 24.2 Å². The van der Waals surface area contributed by atoms with Gasteiger partial charge in [-0.15, -0.1) is 0 Å². The van der Waals surface area contributed by atoms with Crippen LogP contribution in [0, 0.1) is 0 Å². The van der Waals surface area contributed by atoms with Crippen LogP contribution in [0.4, 0.5) is 9.59 Å². The Balaban J connectivity index is 2.63. The zero-order chi connectivity index (χ0) is 16.0. The summed E-state index contributed by atoms with van der Waals surface area (Å²) in [6, 6.07) is -0.495. The van der Waals surface area contributed by atoms with Gasteiger partial charge in [0.2, 0.25) is 0 Å². The topological polar surface area (TPSA) is 79.3 Å². The van der Waals surface area contributed by atoms with E-state index in [-0.39, 0.29) is 19.8 Å². The molecule has 0 spiro atoms. The van der Waals surface area contributed by atoms with E-state index in [0.717, 1.165) is 0 Å². The largest absolute Gasteiger partial charge is 0.445 e. The summed E-state index contributed by atoms with van der Waals surface area (Å²) in [4.78, 5) is 26.8. The Bertz CT molecular complexity index is 391. The zero-order valence-corrected chi connectivity index (χ0v) is 12.9. The molecule has 2 amide bonds. The third-order valence-corrected chi connectivity index (χ3v) is 2.90. The summed E-state index contributed by atoms with van der Waals surface area (Å²) < 4.78 is 10.3. The summed E-state index contributed by atoms with van der Waals surface area (Å²) in [5, 5.41) is 9.44.